The van der Waals surface area contributed by atoms with Gasteiger partial charge in [0.25, 0.3) is 5.91 Å². The number of amides is 2. The number of fused-ring (bicyclic) bond motifs is 2. The SMILES string of the molecule is C/C(=C\C(Cl)=C1\C(=O)NC2(CNCc3ccc(F)cc32)N1C=O)Nc1ccncn1. The van der Waals surface area contributed by atoms with Gasteiger partial charge < -0.3 is 16.0 Å². The quantitative estimate of drug-likeness (QED) is 0.508. The average molecular weight is 429 g/mol. The Hall–Kier alpha value is -3.30. The summed E-state index contributed by atoms with van der Waals surface area (Å²) >= 11 is 6.45. The van der Waals surface area contributed by atoms with Crippen molar-refractivity contribution in [2.45, 2.75) is 19.1 Å². The second kappa shape index (κ2) is 7.85. The molecule has 3 heterocycles. The fourth-order valence-corrected chi connectivity index (χ4v) is 4.06. The van der Waals surface area contributed by atoms with E-state index >= 15 is 0 Å². The third-order valence-electron chi connectivity index (χ3n) is 4.98. The molecule has 2 aliphatic heterocycles. The molecular formula is C20H18ClFN6O2. The number of halogens is 2. The van der Waals surface area contributed by atoms with E-state index in [0.29, 0.717) is 30.0 Å². The van der Waals surface area contributed by atoms with Gasteiger partial charge in [-0.2, -0.15) is 0 Å². The van der Waals surface area contributed by atoms with Gasteiger partial charge in [0, 0.05) is 30.5 Å². The number of benzene rings is 1. The Kier molecular flexibility index (Phi) is 5.23. The summed E-state index contributed by atoms with van der Waals surface area (Å²) in [5.74, 6) is -0.436. The standard InChI is InChI=1S/C20H18ClFN6O2/c1-12(26-17-4-5-23-10-25-17)6-16(21)18-19(30)27-20(28(18)11-29)9-24-8-13-2-3-14(22)7-15(13)20/h2-7,10-11,24H,8-9H2,1H3,(H,27,30)(H,23,25,26)/b12-6+,18-16+. The van der Waals surface area contributed by atoms with Crippen molar-refractivity contribution in [2.24, 2.45) is 0 Å². The van der Waals surface area contributed by atoms with Crippen LogP contribution < -0.4 is 16.0 Å². The molecule has 1 fully saturated rings. The number of carbonyl (C=O) groups is 2. The summed E-state index contributed by atoms with van der Waals surface area (Å²) < 4.78 is 14.0. The lowest BCUT2D eigenvalue weighted by Gasteiger charge is -2.40. The summed E-state index contributed by atoms with van der Waals surface area (Å²) in [6.07, 6.45) is 5.03. The Bertz CT molecular complexity index is 1070. The third kappa shape index (κ3) is 3.42. The molecule has 0 radical (unpaired) electrons. The number of rotatable bonds is 4. The summed E-state index contributed by atoms with van der Waals surface area (Å²) in [5, 5.41) is 9.07. The lowest BCUT2D eigenvalue weighted by molar-refractivity contribution is -0.121. The predicted molar refractivity (Wildman–Crippen MR) is 108 cm³/mol. The molecule has 4 rings (SSSR count). The summed E-state index contributed by atoms with van der Waals surface area (Å²) in [4.78, 5) is 34.0. The van der Waals surface area contributed by atoms with E-state index in [0.717, 1.165) is 5.56 Å². The van der Waals surface area contributed by atoms with Crippen LogP contribution in [0.4, 0.5) is 10.2 Å². The highest BCUT2D eigenvalue weighted by Gasteiger charge is 2.52. The Balaban J connectivity index is 1.74. The van der Waals surface area contributed by atoms with Crippen molar-refractivity contribution in [1.82, 2.24) is 25.5 Å². The average Bonchev–Trinajstić information content (AvgIpc) is 3.01. The molecule has 2 amide bonds. The number of hydrogen-bond acceptors (Lipinski definition) is 6. The minimum atomic E-state index is -1.26. The van der Waals surface area contributed by atoms with Crippen molar-refractivity contribution in [1.29, 1.82) is 0 Å². The highest BCUT2D eigenvalue weighted by molar-refractivity contribution is 6.33. The van der Waals surface area contributed by atoms with Crippen LogP contribution >= 0.6 is 11.6 Å². The van der Waals surface area contributed by atoms with Crippen molar-refractivity contribution in [2.75, 3.05) is 11.9 Å². The van der Waals surface area contributed by atoms with E-state index in [1.165, 1.54) is 29.4 Å². The lowest BCUT2D eigenvalue weighted by Crippen LogP contribution is -2.57. The van der Waals surface area contributed by atoms with Crippen LogP contribution in [0.5, 0.6) is 0 Å². The maximum atomic E-state index is 14.0. The van der Waals surface area contributed by atoms with Crippen molar-refractivity contribution in [3.8, 4) is 0 Å². The molecule has 30 heavy (non-hydrogen) atoms. The van der Waals surface area contributed by atoms with E-state index in [4.69, 9.17) is 11.6 Å². The highest BCUT2D eigenvalue weighted by Crippen LogP contribution is 2.39. The Morgan fingerprint density at radius 2 is 2.23 bits per heavy atom. The van der Waals surface area contributed by atoms with Gasteiger partial charge in [-0.15, -0.1) is 0 Å². The van der Waals surface area contributed by atoms with Crippen LogP contribution in [0.25, 0.3) is 0 Å². The smallest absolute Gasteiger partial charge is 0.271 e. The van der Waals surface area contributed by atoms with Gasteiger partial charge in [-0.3, -0.25) is 14.5 Å². The van der Waals surface area contributed by atoms with Crippen molar-refractivity contribution in [3.63, 3.8) is 0 Å². The lowest BCUT2D eigenvalue weighted by atomic mass is 9.90. The minimum Gasteiger partial charge on any atom is -0.344 e. The molecule has 3 N–H and O–H groups in total. The van der Waals surface area contributed by atoms with Gasteiger partial charge in [-0.1, -0.05) is 17.7 Å². The zero-order valence-electron chi connectivity index (χ0n) is 15.9. The summed E-state index contributed by atoms with van der Waals surface area (Å²) in [6.45, 7) is 2.45. The van der Waals surface area contributed by atoms with Gasteiger partial charge in [-0.05, 0) is 36.8 Å². The number of hydrogen-bond donors (Lipinski definition) is 3. The first-order chi connectivity index (χ1) is 14.4. The molecule has 1 saturated heterocycles. The van der Waals surface area contributed by atoms with E-state index < -0.39 is 17.4 Å². The topological polar surface area (TPSA) is 99.2 Å². The first-order valence-corrected chi connectivity index (χ1v) is 9.50. The molecule has 2 aromatic rings. The fourth-order valence-electron chi connectivity index (χ4n) is 3.72. The van der Waals surface area contributed by atoms with E-state index in [2.05, 4.69) is 25.9 Å². The summed E-state index contributed by atoms with van der Waals surface area (Å²) in [7, 11) is 0. The molecule has 0 bridgehead atoms. The zero-order chi connectivity index (χ0) is 21.3. The van der Waals surface area contributed by atoms with Gasteiger partial charge in [-0.25, -0.2) is 14.4 Å². The highest BCUT2D eigenvalue weighted by atomic mass is 35.5. The number of carbonyl (C=O) groups excluding carboxylic acids is 2. The molecule has 1 aromatic heterocycles. The number of nitrogens with zero attached hydrogens (tertiary/aromatic N) is 3. The molecule has 1 atom stereocenters. The number of allylic oxidation sites excluding steroid dienone is 3. The Morgan fingerprint density at radius 1 is 1.40 bits per heavy atom. The van der Waals surface area contributed by atoms with E-state index in [-0.39, 0.29) is 17.3 Å². The van der Waals surface area contributed by atoms with Gasteiger partial charge in [0.15, 0.2) is 5.66 Å². The van der Waals surface area contributed by atoms with Crippen LogP contribution in [0.3, 0.4) is 0 Å². The molecular weight excluding hydrogens is 411 g/mol. The summed E-state index contributed by atoms with van der Waals surface area (Å²) in [5.41, 5.74) is 0.616. The second-order valence-corrected chi connectivity index (χ2v) is 7.35. The molecule has 1 spiro atoms. The summed E-state index contributed by atoms with van der Waals surface area (Å²) in [6, 6.07) is 5.98. The fraction of sp³-hybridized carbons (Fsp3) is 0.200. The Labute approximate surface area is 176 Å². The second-order valence-electron chi connectivity index (χ2n) is 6.94. The monoisotopic (exact) mass is 428 g/mol. The molecule has 1 aromatic carbocycles. The van der Waals surface area contributed by atoms with E-state index in [9.17, 15) is 14.0 Å². The largest absolute Gasteiger partial charge is 0.344 e. The Morgan fingerprint density at radius 3 is 2.97 bits per heavy atom. The van der Waals surface area contributed by atoms with Crippen LogP contribution in [-0.2, 0) is 21.8 Å². The minimum absolute atomic E-state index is 0.0191. The van der Waals surface area contributed by atoms with Gasteiger partial charge >= 0.3 is 0 Å². The molecule has 1 unspecified atom stereocenters. The maximum Gasteiger partial charge on any atom is 0.271 e. The van der Waals surface area contributed by atoms with Crippen LogP contribution in [-0.4, -0.2) is 33.7 Å². The van der Waals surface area contributed by atoms with Gasteiger partial charge in [0.1, 0.15) is 23.7 Å². The molecule has 8 nitrogen and oxygen atoms in total. The van der Waals surface area contributed by atoms with E-state index in [1.807, 2.05) is 0 Å². The van der Waals surface area contributed by atoms with Crippen LogP contribution in [0.2, 0.25) is 0 Å². The van der Waals surface area contributed by atoms with Crippen molar-refractivity contribution in [3.05, 3.63) is 76.2 Å². The number of aromatic nitrogens is 2. The van der Waals surface area contributed by atoms with Crippen molar-refractivity contribution >= 4 is 29.7 Å². The predicted octanol–water partition coefficient (Wildman–Crippen LogP) is 1.93. The molecule has 154 valence electrons. The van der Waals surface area contributed by atoms with Gasteiger partial charge in [0.05, 0.1) is 5.03 Å². The van der Waals surface area contributed by atoms with E-state index in [1.54, 1.807) is 25.3 Å². The maximum absolute atomic E-state index is 14.0. The normalized spacial score (nSPS) is 22.6. The van der Waals surface area contributed by atoms with Crippen LogP contribution in [0, 0.1) is 5.82 Å². The van der Waals surface area contributed by atoms with Crippen LogP contribution in [0.1, 0.15) is 18.1 Å². The third-order valence-corrected chi connectivity index (χ3v) is 5.27. The molecule has 10 heteroatoms. The number of anilines is 1. The molecule has 0 aliphatic carbocycles. The number of nitrogens with one attached hydrogen (secondary N) is 3. The van der Waals surface area contributed by atoms with Gasteiger partial charge in [0.2, 0.25) is 6.41 Å². The van der Waals surface area contributed by atoms with Crippen molar-refractivity contribution < 1.29 is 14.0 Å². The molecule has 2 aliphatic rings. The first kappa shape index (κ1) is 20.0. The first-order valence-electron chi connectivity index (χ1n) is 9.12. The molecule has 0 saturated carbocycles. The van der Waals surface area contributed by atoms with Crippen LogP contribution in [0.15, 0.2) is 59.3 Å². The zero-order valence-corrected chi connectivity index (χ0v) is 16.7.